The second kappa shape index (κ2) is 11.4. The molecule has 2 atom stereocenters. The first-order valence-corrected chi connectivity index (χ1v) is 16.0. The van der Waals surface area contributed by atoms with Gasteiger partial charge >= 0.3 is 12.1 Å². The molecule has 1 aliphatic carbocycles. The zero-order chi connectivity index (χ0) is 30.4. The summed E-state index contributed by atoms with van der Waals surface area (Å²) in [6, 6.07) is 8.31. The predicted molar refractivity (Wildman–Crippen MR) is 165 cm³/mol. The van der Waals surface area contributed by atoms with Gasteiger partial charge in [0.15, 0.2) is 5.13 Å². The van der Waals surface area contributed by atoms with Gasteiger partial charge in [0, 0.05) is 42.3 Å². The number of carbonyl (C=O) groups is 2. The lowest BCUT2D eigenvalue weighted by Gasteiger charge is -2.30. The zero-order valence-corrected chi connectivity index (χ0v) is 26.5. The highest BCUT2D eigenvalue weighted by molar-refractivity contribution is 7.14. The zero-order valence-electron chi connectivity index (χ0n) is 25.6. The average Bonchev–Trinajstić information content (AvgIpc) is 3.52. The van der Waals surface area contributed by atoms with E-state index in [2.05, 4.69) is 40.4 Å². The van der Waals surface area contributed by atoms with Crippen LogP contribution in [0.4, 0.5) is 9.93 Å². The number of ether oxygens (including phenoxy) is 3. The third kappa shape index (κ3) is 6.20. The molecule has 10 heteroatoms. The summed E-state index contributed by atoms with van der Waals surface area (Å²) >= 11 is 1.63. The summed E-state index contributed by atoms with van der Waals surface area (Å²) < 4.78 is 17.2. The van der Waals surface area contributed by atoms with E-state index in [0.717, 1.165) is 76.9 Å². The fourth-order valence-electron chi connectivity index (χ4n) is 6.11. The molecule has 3 aliphatic rings. The number of aryl methyl sites for hydroxylation is 1. The van der Waals surface area contributed by atoms with Crippen molar-refractivity contribution in [2.75, 3.05) is 31.1 Å². The molecule has 43 heavy (non-hydrogen) atoms. The van der Waals surface area contributed by atoms with E-state index in [4.69, 9.17) is 19.2 Å². The summed E-state index contributed by atoms with van der Waals surface area (Å²) in [5.41, 5.74) is 5.22. The third-order valence-corrected chi connectivity index (χ3v) is 9.41. The van der Waals surface area contributed by atoms with Crippen LogP contribution in [0, 0.1) is 18.3 Å². The number of anilines is 1. The van der Waals surface area contributed by atoms with Gasteiger partial charge in [-0.15, -0.1) is 11.3 Å². The molecular formula is C33H40N4O5S. The number of benzene rings is 1. The number of amides is 1. The van der Waals surface area contributed by atoms with Gasteiger partial charge in [0.25, 0.3) is 0 Å². The van der Waals surface area contributed by atoms with Crippen LogP contribution >= 0.6 is 11.3 Å². The van der Waals surface area contributed by atoms with Gasteiger partial charge in [-0.3, -0.25) is 9.78 Å². The van der Waals surface area contributed by atoms with Crippen molar-refractivity contribution in [1.82, 2.24) is 14.9 Å². The molecular weight excluding hydrogens is 564 g/mol. The van der Waals surface area contributed by atoms with Crippen LogP contribution < -0.4 is 9.64 Å². The number of carbonyl (C=O) groups excluding carboxylic acids is 2. The van der Waals surface area contributed by atoms with Crippen molar-refractivity contribution in [2.24, 2.45) is 11.3 Å². The lowest BCUT2D eigenvalue weighted by atomic mass is 9.95. The van der Waals surface area contributed by atoms with Crippen LogP contribution in [0.15, 0.2) is 35.8 Å². The van der Waals surface area contributed by atoms with E-state index in [0.29, 0.717) is 32.2 Å². The van der Waals surface area contributed by atoms with Crippen LogP contribution in [0.3, 0.4) is 0 Å². The van der Waals surface area contributed by atoms with Crippen molar-refractivity contribution in [2.45, 2.75) is 72.6 Å². The number of piperidine rings is 1. The quantitative estimate of drug-likeness (QED) is 0.296. The SMILES string of the molecule is CCOC(=O)[C@@]12CCN(c3nc(-c4cc(C)ccc4OCc4cnc5c(c4)CCN(C(=O)OC(C)(C)C)C5)cs3)C[C@@H]1C2. The summed E-state index contributed by atoms with van der Waals surface area (Å²) in [5.74, 6) is 1.09. The largest absolute Gasteiger partial charge is 0.488 e. The first-order chi connectivity index (χ1) is 20.5. The molecule has 2 aliphatic heterocycles. The maximum atomic E-state index is 12.5. The van der Waals surface area contributed by atoms with Crippen molar-refractivity contribution in [3.05, 3.63) is 58.2 Å². The molecule has 4 heterocycles. The van der Waals surface area contributed by atoms with E-state index < -0.39 is 5.60 Å². The van der Waals surface area contributed by atoms with Gasteiger partial charge in [-0.05, 0) is 83.6 Å². The summed E-state index contributed by atoms with van der Waals surface area (Å²) in [6.45, 7) is 13.1. The molecule has 1 amide bonds. The summed E-state index contributed by atoms with van der Waals surface area (Å²) in [4.78, 5) is 38.7. The van der Waals surface area contributed by atoms with Crippen molar-refractivity contribution in [3.63, 3.8) is 0 Å². The Morgan fingerprint density at radius 1 is 1.19 bits per heavy atom. The summed E-state index contributed by atoms with van der Waals surface area (Å²) in [7, 11) is 0. The number of aromatic nitrogens is 2. The Labute approximate surface area is 257 Å². The molecule has 0 unspecified atom stereocenters. The molecule has 2 fully saturated rings. The van der Waals surface area contributed by atoms with Gasteiger partial charge in [-0.2, -0.15) is 0 Å². The number of hydrogen-bond acceptors (Lipinski definition) is 9. The Kier molecular flexibility index (Phi) is 7.83. The number of rotatable bonds is 7. The van der Waals surface area contributed by atoms with Gasteiger partial charge in [0.05, 0.1) is 30.0 Å². The minimum Gasteiger partial charge on any atom is -0.488 e. The molecule has 1 saturated carbocycles. The minimum absolute atomic E-state index is 0.0297. The first kappa shape index (κ1) is 29.4. The molecule has 228 valence electrons. The number of fused-ring (bicyclic) bond motifs is 2. The van der Waals surface area contributed by atoms with Crippen molar-refractivity contribution in [3.8, 4) is 17.0 Å². The smallest absolute Gasteiger partial charge is 0.410 e. The first-order valence-electron chi connectivity index (χ1n) is 15.1. The normalized spacial score (nSPS) is 21.1. The van der Waals surface area contributed by atoms with E-state index in [1.54, 1.807) is 16.2 Å². The van der Waals surface area contributed by atoms with Crippen LogP contribution in [-0.4, -0.2) is 58.8 Å². The second-order valence-electron chi connectivity index (χ2n) is 12.9. The molecule has 2 aromatic heterocycles. The van der Waals surface area contributed by atoms with E-state index in [1.807, 2.05) is 40.0 Å². The van der Waals surface area contributed by atoms with Crippen molar-refractivity contribution >= 4 is 28.5 Å². The van der Waals surface area contributed by atoms with Crippen LogP contribution in [-0.2, 0) is 33.8 Å². The minimum atomic E-state index is -0.524. The van der Waals surface area contributed by atoms with Crippen molar-refractivity contribution in [1.29, 1.82) is 0 Å². The van der Waals surface area contributed by atoms with Gasteiger partial charge in [0.2, 0.25) is 0 Å². The summed E-state index contributed by atoms with van der Waals surface area (Å²) in [6.07, 6.45) is 3.98. The fourth-order valence-corrected chi connectivity index (χ4v) is 6.97. The summed E-state index contributed by atoms with van der Waals surface area (Å²) in [5, 5.41) is 3.07. The Balaban J connectivity index is 1.11. The van der Waals surface area contributed by atoms with Gasteiger partial charge in [0.1, 0.15) is 18.0 Å². The van der Waals surface area contributed by atoms with Crippen LogP contribution in [0.2, 0.25) is 0 Å². The van der Waals surface area contributed by atoms with Gasteiger partial charge in [-0.1, -0.05) is 11.6 Å². The molecule has 3 aromatic rings. The molecule has 0 bridgehead atoms. The number of pyridine rings is 1. The van der Waals surface area contributed by atoms with E-state index in [9.17, 15) is 9.59 Å². The fraction of sp³-hybridized carbons (Fsp3) is 0.515. The van der Waals surface area contributed by atoms with Crippen LogP contribution in [0.1, 0.15) is 62.9 Å². The highest BCUT2D eigenvalue weighted by atomic mass is 32.1. The highest BCUT2D eigenvalue weighted by Crippen LogP contribution is 2.59. The van der Waals surface area contributed by atoms with Crippen LogP contribution in [0.25, 0.3) is 11.3 Å². The average molecular weight is 605 g/mol. The van der Waals surface area contributed by atoms with Crippen LogP contribution in [0.5, 0.6) is 5.75 Å². The van der Waals surface area contributed by atoms with Gasteiger partial charge < -0.3 is 24.0 Å². The van der Waals surface area contributed by atoms with E-state index in [1.165, 1.54) is 0 Å². The highest BCUT2D eigenvalue weighted by Gasteiger charge is 2.63. The Morgan fingerprint density at radius 3 is 2.79 bits per heavy atom. The lowest BCUT2D eigenvalue weighted by Crippen LogP contribution is -2.40. The second-order valence-corrected chi connectivity index (χ2v) is 13.7. The maximum Gasteiger partial charge on any atom is 0.410 e. The monoisotopic (exact) mass is 604 g/mol. The van der Waals surface area contributed by atoms with Crippen molar-refractivity contribution < 1.29 is 23.8 Å². The maximum absolute atomic E-state index is 12.5. The number of esters is 1. The Hall–Kier alpha value is -3.66. The standard InChI is InChI=1S/C33H40N4O5S/c1-6-40-29(38)33-10-12-36(17-24(33)15-33)30-35-27(20-43-30)25-13-21(2)7-8-28(25)41-19-22-14-23-9-11-37(18-26(23)34-16-22)31(39)42-32(3,4)5/h7-8,13-14,16,20,24H,6,9-12,15,17-19H2,1-5H3/t24-,33+/m0/s1. The van der Waals surface area contributed by atoms with Gasteiger partial charge in [-0.25, -0.2) is 9.78 Å². The number of hydrogen-bond donors (Lipinski definition) is 0. The molecule has 9 nitrogen and oxygen atoms in total. The molecule has 0 spiro atoms. The topological polar surface area (TPSA) is 94.1 Å². The number of nitrogens with zero attached hydrogens (tertiary/aromatic N) is 4. The molecule has 1 saturated heterocycles. The molecule has 1 aromatic carbocycles. The molecule has 0 radical (unpaired) electrons. The predicted octanol–water partition coefficient (Wildman–Crippen LogP) is 6.17. The van der Waals surface area contributed by atoms with E-state index >= 15 is 0 Å². The lowest BCUT2D eigenvalue weighted by molar-refractivity contribution is -0.150. The molecule has 0 N–H and O–H groups in total. The molecule has 6 rings (SSSR count). The Bertz CT molecular complexity index is 1530. The number of thiazole rings is 1. The Morgan fingerprint density at radius 2 is 2.02 bits per heavy atom. The third-order valence-electron chi connectivity index (χ3n) is 8.51. The van der Waals surface area contributed by atoms with E-state index in [-0.39, 0.29) is 17.5 Å².